The van der Waals surface area contributed by atoms with E-state index in [1.54, 1.807) is 19.2 Å². The molecule has 1 saturated carbocycles. The topological polar surface area (TPSA) is 112 Å². The quantitative estimate of drug-likeness (QED) is 0.242. The van der Waals surface area contributed by atoms with Gasteiger partial charge in [-0.3, -0.25) is 5.32 Å². The molecule has 9 nitrogen and oxygen atoms in total. The molecule has 1 aliphatic rings. The molecular formula is C30H41N7O2. The van der Waals surface area contributed by atoms with Gasteiger partial charge in [0.05, 0.1) is 0 Å². The van der Waals surface area contributed by atoms with Gasteiger partial charge in [0.1, 0.15) is 11.6 Å². The lowest BCUT2D eigenvalue weighted by Crippen LogP contribution is -2.37. The molecule has 1 aliphatic carbocycles. The summed E-state index contributed by atoms with van der Waals surface area (Å²) in [5.74, 6) is 1.13. The molecule has 3 N–H and O–H groups in total. The Morgan fingerprint density at radius 2 is 1.82 bits per heavy atom. The smallest absolute Gasteiger partial charge is 0.320 e. The Labute approximate surface area is 231 Å². The van der Waals surface area contributed by atoms with Crippen LogP contribution in [0, 0.1) is 6.92 Å². The van der Waals surface area contributed by atoms with Crippen LogP contribution in [-0.4, -0.2) is 45.9 Å². The maximum absolute atomic E-state index is 12.5. The Morgan fingerprint density at radius 3 is 2.54 bits per heavy atom. The monoisotopic (exact) mass is 531 g/mol. The minimum Gasteiger partial charge on any atom is -0.371 e. The third kappa shape index (κ3) is 8.37. The lowest BCUT2D eigenvalue weighted by molar-refractivity contribution is -0.117. The van der Waals surface area contributed by atoms with Gasteiger partial charge >= 0.3 is 6.03 Å². The van der Waals surface area contributed by atoms with Crippen LogP contribution in [0.4, 0.5) is 27.9 Å². The van der Waals surface area contributed by atoms with E-state index in [0.29, 0.717) is 23.8 Å². The summed E-state index contributed by atoms with van der Waals surface area (Å²) < 4.78 is 0. The van der Waals surface area contributed by atoms with Crippen molar-refractivity contribution in [3.63, 3.8) is 0 Å². The van der Waals surface area contributed by atoms with Gasteiger partial charge in [-0.1, -0.05) is 32.6 Å². The van der Waals surface area contributed by atoms with Gasteiger partial charge in [-0.25, -0.2) is 14.8 Å². The van der Waals surface area contributed by atoms with Gasteiger partial charge in [0.25, 0.3) is 0 Å². The molecule has 2 amide bonds. The predicted octanol–water partition coefficient (Wildman–Crippen LogP) is 6.51. The average Bonchev–Trinajstić information content (AvgIpc) is 3.16. The first-order valence-corrected chi connectivity index (χ1v) is 14.2. The first kappa shape index (κ1) is 28.3. The van der Waals surface area contributed by atoms with E-state index in [1.165, 1.54) is 18.5 Å². The minimum atomic E-state index is -0.227. The molecule has 0 spiro atoms. The molecule has 0 aliphatic heterocycles. The molecule has 0 bridgehead atoms. The lowest BCUT2D eigenvalue weighted by Gasteiger charge is -2.26. The lowest BCUT2D eigenvalue weighted by atomic mass is 10.1. The van der Waals surface area contributed by atoms with Crippen molar-refractivity contribution >= 4 is 46.0 Å². The summed E-state index contributed by atoms with van der Waals surface area (Å²) in [5.41, 5.74) is 3.70. The second-order valence-corrected chi connectivity index (χ2v) is 10.5. The van der Waals surface area contributed by atoms with Gasteiger partial charge in [0, 0.05) is 48.5 Å². The summed E-state index contributed by atoms with van der Waals surface area (Å²) in [5, 5.41) is 10.0. The zero-order valence-electron chi connectivity index (χ0n) is 23.4. The van der Waals surface area contributed by atoms with E-state index in [4.69, 9.17) is 0 Å². The number of fused-ring (bicyclic) bond motifs is 1. The second-order valence-electron chi connectivity index (χ2n) is 10.5. The van der Waals surface area contributed by atoms with E-state index >= 15 is 0 Å². The fraction of sp³-hybridized carbons (Fsp3) is 0.500. The number of nitrogens with one attached hydrogen (secondary N) is 3. The number of carbonyl (C=O) groups is 2. The van der Waals surface area contributed by atoms with E-state index in [2.05, 4.69) is 61.8 Å². The van der Waals surface area contributed by atoms with E-state index in [1.807, 2.05) is 12.1 Å². The van der Waals surface area contributed by atoms with Crippen LogP contribution in [-0.2, 0) is 4.79 Å². The Bertz CT molecular complexity index is 1270. The fourth-order valence-corrected chi connectivity index (χ4v) is 5.16. The van der Waals surface area contributed by atoms with Crippen molar-refractivity contribution in [2.24, 2.45) is 0 Å². The maximum Gasteiger partial charge on any atom is 0.320 e. The molecule has 9 heteroatoms. The van der Waals surface area contributed by atoms with Gasteiger partial charge in [-0.05, 0) is 75.4 Å². The molecule has 0 radical (unpaired) electrons. The summed E-state index contributed by atoms with van der Waals surface area (Å²) in [6, 6.07) is 9.83. The highest BCUT2D eigenvalue weighted by Crippen LogP contribution is 2.26. The number of anilines is 4. The summed E-state index contributed by atoms with van der Waals surface area (Å²) in [6.07, 6.45) is 11.1. The highest BCUT2D eigenvalue weighted by Gasteiger charge is 2.15. The molecule has 1 fully saturated rings. The van der Waals surface area contributed by atoms with Crippen molar-refractivity contribution in [1.29, 1.82) is 0 Å². The predicted molar refractivity (Wildman–Crippen MR) is 158 cm³/mol. The van der Waals surface area contributed by atoms with E-state index in [9.17, 15) is 9.59 Å². The van der Waals surface area contributed by atoms with Crippen LogP contribution >= 0.6 is 0 Å². The molecule has 3 aromatic rings. The summed E-state index contributed by atoms with van der Waals surface area (Å²) in [7, 11) is 0. The molecule has 4 rings (SSSR count). The number of Topliss-reactive ketones (excluding diaryl/α,β-unsaturated/α-hetero) is 1. The number of urea groups is 1. The van der Waals surface area contributed by atoms with Crippen LogP contribution in [0.1, 0.15) is 77.2 Å². The van der Waals surface area contributed by atoms with Crippen molar-refractivity contribution in [1.82, 2.24) is 20.3 Å². The van der Waals surface area contributed by atoms with Crippen LogP contribution in [0.15, 0.2) is 36.5 Å². The highest BCUT2D eigenvalue weighted by atomic mass is 16.2. The molecule has 39 heavy (non-hydrogen) atoms. The van der Waals surface area contributed by atoms with Crippen LogP contribution in [0.5, 0.6) is 0 Å². The van der Waals surface area contributed by atoms with E-state index < -0.39 is 0 Å². The van der Waals surface area contributed by atoms with E-state index in [0.717, 1.165) is 68.3 Å². The van der Waals surface area contributed by atoms with Crippen molar-refractivity contribution in [2.75, 3.05) is 28.6 Å². The molecule has 0 atom stereocenters. The van der Waals surface area contributed by atoms with Crippen LogP contribution in [0.3, 0.4) is 0 Å². The average molecular weight is 532 g/mol. The number of carbonyl (C=O) groups excluding carboxylic acids is 2. The molecule has 0 unspecified atom stereocenters. The molecule has 2 heterocycles. The van der Waals surface area contributed by atoms with Crippen molar-refractivity contribution in [3.05, 3.63) is 42.1 Å². The number of benzene rings is 1. The highest BCUT2D eigenvalue weighted by molar-refractivity contribution is 5.90. The van der Waals surface area contributed by atoms with Gasteiger partial charge < -0.3 is 20.3 Å². The van der Waals surface area contributed by atoms with Gasteiger partial charge in [0.15, 0.2) is 5.65 Å². The standard InChI is InChI=1S/C30H41N7O2/c1-4-17-37(18-9-10-22(3)38)26-15-14-25(19-21(26)2)32-29-31-20-23-13-16-27(34-28(23)36-29)35-30(39)33-24-11-7-5-6-8-12-24/h13-16,19-20,24H,4-12,17-18H2,1-3H3,(H3,31,32,33,34,35,36,39). The number of hydrogen-bond acceptors (Lipinski definition) is 7. The molecule has 1 aromatic carbocycles. The number of aryl methyl sites for hydroxylation is 1. The number of nitrogens with zero attached hydrogens (tertiary/aromatic N) is 4. The first-order chi connectivity index (χ1) is 18.9. The van der Waals surface area contributed by atoms with Gasteiger partial charge in [0.2, 0.25) is 5.95 Å². The van der Waals surface area contributed by atoms with Gasteiger partial charge in [-0.2, -0.15) is 4.98 Å². The SMILES string of the molecule is CCCN(CCCC(C)=O)c1ccc(Nc2ncc3ccc(NC(=O)NC4CCCCCC4)nc3n2)cc1C. The Morgan fingerprint density at radius 1 is 1.03 bits per heavy atom. The summed E-state index contributed by atoms with van der Waals surface area (Å²) >= 11 is 0. The molecular weight excluding hydrogens is 490 g/mol. The van der Waals surface area contributed by atoms with Crippen LogP contribution in [0.25, 0.3) is 11.0 Å². The maximum atomic E-state index is 12.5. The fourth-order valence-electron chi connectivity index (χ4n) is 5.16. The summed E-state index contributed by atoms with van der Waals surface area (Å²) in [4.78, 5) is 39.9. The minimum absolute atomic E-state index is 0.218. The number of aromatic nitrogens is 3. The third-order valence-electron chi connectivity index (χ3n) is 7.12. The van der Waals surface area contributed by atoms with Crippen molar-refractivity contribution < 1.29 is 9.59 Å². The second kappa shape index (κ2) is 13.9. The zero-order valence-corrected chi connectivity index (χ0v) is 23.4. The number of hydrogen-bond donors (Lipinski definition) is 3. The Balaban J connectivity index is 1.42. The first-order valence-electron chi connectivity index (χ1n) is 14.2. The van der Waals surface area contributed by atoms with Crippen LogP contribution < -0.4 is 20.9 Å². The Hall–Kier alpha value is -3.75. The summed E-state index contributed by atoms with van der Waals surface area (Å²) in [6.45, 7) is 7.71. The number of ketones is 1. The van der Waals surface area contributed by atoms with Crippen molar-refractivity contribution in [3.8, 4) is 0 Å². The van der Waals surface area contributed by atoms with Crippen molar-refractivity contribution in [2.45, 2.75) is 84.6 Å². The zero-order chi connectivity index (χ0) is 27.6. The number of pyridine rings is 1. The molecule has 2 aromatic heterocycles. The largest absolute Gasteiger partial charge is 0.371 e. The van der Waals surface area contributed by atoms with E-state index in [-0.39, 0.29) is 17.9 Å². The normalized spacial score (nSPS) is 14.0. The number of amides is 2. The van der Waals surface area contributed by atoms with Gasteiger partial charge in [-0.15, -0.1) is 0 Å². The Kier molecular flexibility index (Phi) is 10.1. The number of rotatable bonds is 11. The third-order valence-corrected chi connectivity index (χ3v) is 7.12. The molecule has 0 saturated heterocycles. The van der Waals surface area contributed by atoms with Crippen LogP contribution in [0.2, 0.25) is 0 Å². The molecule has 208 valence electrons.